The van der Waals surface area contributed by atoms with Gasteiger partial charge in [-0.2, -0.15) is 10.1 Å². The van der Waals surface area contributed by atoms with E-state index in [4.69, 9.17) is 18.9 Å². The van der Waals surface area contributed by atoms with Gasteiger partial charge in [-0.05, 0) is 35.4 Å². The van der Waals surface area contributed by atoms with Crippen molar-refractivity contribution >= 4 is 11.6 Å². The highest BCUT2D eigenvalue weighted by atomic mass is 16.5. The summed E-state index contributed by atoms with van der Waals surface area (Å²) < 4.78 is 25.4. The van der Waals surface area contributed by atoms with Crippen LogP contribution in [-0.4, -0.2) is 36.1 Å². The zero-order chi connectivity index (χ0) is 23.9. The Morgan fingerprint density at radius 1 is 0.857 bits per heavy atom. The maximum Gasteiger partial charge on any atom is 0.226 e. The Labute approximate surface area is 202 Å². The summed E-state index contributed by atoms with van der Waals surface area (Å²) >= 11 is 0. The first-order chi connectivity index (χ1) is 17.2. The maximum atomic E-state index is 6.64. The second-order valence-electron chi connectivity index (χ2n) is 8.25. The molecule has 176 valence electrons. The molecule has 1 N–H and O–H groups in total. The Kier molecular flexibility index (Phi) is 5.06. The summed E-state index contributed by atoms with van der Waals surface area (Å²) in [6.45, 7) is 0. The van der Waals surface area contributed by atoms with Gasteiger partial charge in [-0.25, -0.2) is 4.68 Å². The summed E-state index contributed by atoms with van der Waals surface area (Å²) in [5, 5.41) is 8.10. The number of nitrogens with zero attached hydrogens (tertiary/aromatic N) is 3. The van der Waals surface area contributed by atoms with Crippen molar-refractivity contribution in [2.24, 2.45) is 0 Å². The van der Waals surface area contributed by atoms with Crippen LogP contribution >= 0.6 is 0 Å². The van der Waals surface area contributed by atoms with Crippen LogP contribution in [0.2, 0.25) is 0 Å². The topological polar surface area (TPSA) is 79.7 Å². The van der Waals surface area contributed by atoms with Gasteiger partial charge in [0.1, 0.15) is 24.2 Å². The molecular formula is C27H24N4O4. The van der Waals surface area contributed by atoms with Gasteiger partial charge in [0.15, 0.2) is 11.5 Å². The number of para-hydroxylation sites is 1. The van der Waals surface area contributed by atoms with Crippen molar-refractivity contribution in [3.63, 3.8) is 0 Å². The molecule has 3 aromatic carbocycles. The van der Waals surface area contributed by atoms with Gasteiger partial charge >= 0.3 is 0 Å². The molecule has 0 saturated carbocycles. The standard InChI is InChI=1S/C27H24N4O4/c1-32-20-13-17(14-21(33-2)26(20)34-3)24-22-23(30-27-28-15-29-31(24)27)18-11-7-8-12-19(18)35-25(22)16-9-5-4-6-10-16/h4-15,24-25H,1-3H3,(H,28,29,30)/t24-,25+/m0/s1. The third-order valence-corrected chi connectivity index (χ3v) is 6.43. The zero-order valence-corrected chi connectivity index (χ0v) is 19.6. The minimum Gasteiger partial charge on any atom is -0.493 e. The molecule has 3 heterocycles. The Bertz CT molecular complexity index is 1410. The Morgan fingerprint density at radius 3 is 2.29 bits per heavy atom. The molecule has 2 atom stereocenters. The predicted molar refractivity (Wildman–Crippen MR) is 131 cm³/mol. The van der Waals surface area contributed by atoms with Crippen LogP contribution in [0.4, 0.5) is 5.95 Å². The maximum absolute atomic E-state index is 6.64. The van der Waals surface area contributed by atoms with Crippen molar-refractivity contribution in [1.29, 1.82) is 0 Å². The van der Waals surface area contributed by atoms with Gasteiger partial charge in [0.25, 0.3) is 0 Å². The van der Waals surface area contributed by atoms with Crippen LogP contribution in [0.3, 0.4) is 0 Å². The van der Waals surface area contributed by atoms with E-state index in [1.54, 1.807) is 27.7 Å². The first-order valence-electron chi connectivity index (χ1n) is 11.2. The summed E-state index contributed by atoms with van der Waals surface area (Å²) in [7, 11) is 4.82. The Balaban J connectivity index is 1.64. The molecule has 8 nitrogen and oxygen atoms in total. The number of anilines is 1. The number of hydrogen-bond donors (Lipinski definition) is 1. The molecule has 8 heteroatoms. The number of methoxy groups -OCH3 is 3. The molecular weight excluding hydrogens is 444 g/mol. The van der Waals surface area contributed by atoms with E-state index in [1.165, 1.54) is 0 Å². The number of benzene rings is 3. The average Bonchev–Trinajstić information content (AvgIpc) is 3.39. The number of aromatic nitrogens is 3. The van der Waals surface area contributed by atoms with Gasteiger partial charge in [0, 0.05) is 11.1 Å². The van der Waals surface area contributed by atoms with Crippen molar-refractivity contribution in [3.05, 3.63) is 95.3 Å². The van der Waals surface area contributed by atoms with Crippen molar-refractivity contribution < 1.29 is 18.9 Å². The molecule has 4 aromatic rings. The lowest BCUT2D eigenvalue weighted by atomic mass is 9.84. The van der Waals surface area contributed by atoms with Gasteiger partial charge < -0.3 is 24.3 Å². The Hall–Kier alpha value is -4.46. The molecule has 0 fully saturated rings. The molecule has 0 amide bonds. The van der Waals surface area contributed by atoms with E-state index in [0.717, 1.165) is 33.7 Å². The van der Waals surface area contributed by atoms with Crippen LogP contribution in [0, 0.1) is 0 Å². The fourth-order valence-corrected chi connectivity index (χ4v) is 4.90. The lowest BCUT2D eigenvalue weighted by molar-refractivity contribution is 0.223. The third-order valence-electron chi connectivity index (χ3n) is 6.43. The minimum absolute atomic E-state index is 0.337. The van der Waals surface area contributed by atoms with E-state index in [9.17, 15) is 0 Å². The molecule has 0 unspecified atom stereocenters. The Morgan fingerprint density at radius 2 is 1.57 bits per heavy atom. The summed E-state index contributed by atoms with van der Waals surface area (Å²) in [5.41, 5.74) is 4.89. The summed E-state index contributed by atoms with van der Waals surface area (Å²) in [6, 6.07) is 21.8. The molecule has 35 heavy (non-hydrogen) atoms. The zero-order valence-electron chi connectivity index (χ0n) is 19.6. The fraction of sp³-hybridized carbons (Fsp3) is 0.185. The molecule has 2 aliphatic rings. The molecule has 0 saturated heterocycles. The van der Waals surface area contributed by atoms with Gasteiger partial charge in [-0.1, -0.05) is 42.5 Å². The highest BCUT2D eigenvalue weighted by Gasteiger charge is 2.41. The number of fused-ring (bicyclic) bond motifs is 3. The highest BCUT2D eigenvalue weighted by Crippen LogP contribution is 2.52. The van der Waals surface area contributed by atoms with E-state index < -0.39 is 0 Å². The summed E-state index contributed by atoms with van der Waals surface area (Å²) in [6.07, 6.45) is 1.20. The van der Waals surface area contributed by atoms with Crippen LogP contribution in [0.1, 0.15) is 28.8 Å². The summed E-state index contributed by atoms with van der Waals surface area (Å²) in [5.74, 6) is 3.12. The minimum atomic E-state index is -0.352. The molecule has 0 aliphatic carbocycles. The lowest BCUT2D eigenvalue weighted by Crippen LogP contribution is -2.32. The number of hydrogen-bond acceptors (Lipinski definition) is 7. The van der Waals surface area contributed by atoms with Crippen molar-refractivity contribution in [1.82, 2.24) is 14.8 Å². The van der Waals surface area contributed by atoms with Gasteiger partial charge in [-0.3, -0.25) is 0 Å². The molecule has 0 radical (unpaired) electrons. The van der Waals surface area contributed by atoms with Crippen molar-refractivity contribution in [3.8, 4) is 23.0 Å². The number of ether oxygens (including phenoxy) is 4. The predicted octanol–water partition coefficient (Wildman–Crippen LogP) is 4.86. The van der Waals surface area contributed by atoms with Crippen LogP contribution in [0.25, 0.3) is 5.70 Å². The SMILES string of the molecule is COc1cc([C@H]2C3=C(Nc4ncnn42)c2ccccc2O[C@@H]3c2ccccc2)cc(OC)c1OC. The van der Waals surface area contributed by atoms with Crippen molar-refractivity contribution in [2.75, 3.05) is 26.6 Å². The quantitative estimate of drug-likeness (QED) is 0.448. The van der Waals surface area contributed by atoms with Gasteiger partial charge in [-0.15, -0.1) is 0 Å². The van der Waals surface area contributed by atoms with E-state index in [0.29, 0.717) is 23.2 Å². The molecule has 0 bridgehead atoms. The normalized spacial score (nSPS) is 17.9. The molecule has 1 aromatic heterocycles. The second kappa shape index (κ2) is 8.39. The number of nitrogens with one attached hydrogen (secondary N) is 1. The smallest absolute Gasteiger partial charge is 0.226 e. The fourth-order valence-electron chi connectivity index (χ4n) is 4.90. The summed E-state index contributed by atoms with van der Waals surface area (Å²) in [4.78, 5) is 4.49. The molecule has 0 spiro atoms. The average molecular weight is 469 g/mol. The molecule has 6 rings (SSSR count). The van der Waals surface area contributed by atoms with E-state index in [2.05, 4.69) is 33.6 Å². The molecule has 2 aliphatic heterocycles. The van der Waals surface area contributed by atoms with Crippen LogP contribution in [0.15, 0.2) is 78.6 Å². The van der Waals surface area contributed by atoms with E-state index in [-0.39, 0.29) is 12.1 Å². The van der Waals surface area contributed by atoms with Crippen LogP contribution in [0.5, 0.6) is 23.0 Å². The van der Waals surface area contributed by atoms with Crippen molar-refractivity contribution in [2.45, 2.75) is 12.1 Å². The van der Waals surface area contributed by atoms with E-state index in [1.807, 2.05) is 53.2 Å². The first-order valence-corrected chi connectivity index (χ1v) is 11.2. The largest absolute Gasteiger partial charge is 0.493 e. The van der Waals surface area contributed by atoms with Gasteiger partial charge in [0.2, 0.25) is 11.7 Å². The second-order valence-corrected chi connectivity index (χ2v) is 8.25. The van der Waals surface area contributed by atoms with Gasteiger partial charge in [0.05, 0.1) is 27.0 Å². The third kappa shape index (κ3) is 3.29. The van der Waals surface area contributed by atoms with Crippen LogP contribution < -0.4 is 24.3 Å². The monoisotopic (exact) mass is 468 g/mol. The first kappa shape index (κ1) is 21.1. The number of rotatable bonds is 5. The highest BCUT2D eigenvalue weighted by molar-refractivity contribution is 5.85. The van der Waals surface area contributed by atoms with E-state index >= 15 is 0 Å². The lowest BCUT2D eigenvalue weighted by Gasteiger charge is -2.39. The van der Waals surface area contributed by atoms with Crippen LogP contribution in [-0.2, 0) is 0 Å².